The number of halogens is 2. The zero-order chi connectivity index (χ0) is 9.14. The van der Waals surface area contributed by atoms with Gasteiger partial charge in [-0.3, -0.25) is 4.79 Å². The molecule has 0 unspecified atom stereocenters. The van der Waals surface area contributed by atoms with Crippen LogP contribution in [0.15, 0.2) is 24.3 Å². The van der Waals surface area contributed by atoms with E-state index in [-0.39, 0.29) is 0 Å². The van der Waals surface area contributed by atoms with Gasteiger partial charge < -0.3 is 0 Å². The van der Waals surface area contributed by atoms with Gasteiger partial charge in [0, 0.05) is 5.56 Å². The van der Waals surface area contributed by atoms with E-state index in [0.29, 0.717) is 11.1 Å². The normalized spacial score (nSPS) is 9.50. The molecule has 0 aliphatic heterocycles. The Labute approximate surface area is 79.1 Å². The summed E-state index contributed by atoms with van der Waals surface area (Å²) in [6.45, 7) is 0. The van der Waals surface area contributed by atoms with Gasteiger partial charge in [0.15, 0.2) is 11.6 Å². The zero-order valence-electron chi connectivity index (χ0n) is 5.91. The SMILES string of the molecule is O=C(Cl)c1ccc(C(=O)[ClH+])cc1. The summed E-state index contributed by atoms with van der Waals surface area (Å²) in [6.07, 6.45) is 0. The van der Waals surface area contributed by atoms with Gasteiger partial charge in [-0.2, -0.15) is 0 Å². The highest BCUT2D eigenvalue weighted by atomic mass is 35.5. The third kappa shape index (κ3) is 2.06. The Kier molecular flexibility index (Phi) is 2.84. The number of benzene rings is 1. The quantitative estimate of drug-likeness (QED) is 0.683. The minimum Gasteiger partial charge on any atom is -0.276 e. The molecule has 2 nitrogen and oxygen atoms in total. The lowest BCUT2D eigenvalue weighted by Gasteiger charge is -1.91. The minimum absolute atomic E-state index is 0.358. The van der Waals surface area contributed by atoms with E-state index in [2.05, 4.69) is 11.6 Å². The van der Waals surface area contributed by atoms with E-state index >= 15 is 0 Å². The van der Waals surface area contributed by atoms with Crippen molar-refractivity contribution >= 4 is 22.1 Å². The highest BCUT2D eigenvalue weighted by molar-refractivity contribution is 6.67. The fraction of sp³-hybridized carbons (Fsp3) is 0. The molecule has 1 rings (SSSR count). The minimum atomic E-state index is -0.543. The van der Waals surface area contributed by atoms with Crippen LogP contribution in [0.3, 0.4) is 0 Å². The third-order valence-corrected chi connectivity index (χ3v) is 1.80. The van der Waals surface area contributed by atoms with Gasteiger partial charge in [-0.05, 0) is 35.9 Å². The van der Waals surface area contributed by atoms with E-state index in [0.717, 1.165) is 0 Å². The van der Waals surface area contributed by atoms with Crippen LogP contribution in [0.4, 0.5) is 0 Å². The summed E-state index contributed by atoms with van der Waals surface area (Å²) in [4.78, 5) is 21.2. The third-order valence-electron chi connectivity index (χ3n) is 1.35. The van der Waals surface area contributed by atoms with Crippen molar-refractivity contribution in [2.45, 2.75) is 0 Å². The molecule has 0 bridgehead atoms. The van der Waals surface area contributed by atoms with Gasteiger partial charge in [-0.15, -0.1) is 0 Å². The molecule has 0 N–H and O–H groups in total. The van der Waals surface area contributed by atoms with Crippen molar-refractivity contribution in [3.8, 4) is 0 Å². The van der Waals surface area contributed by atoms with E-state index in [1.54, 1.807) is 0 Å². The lowest BCUT2D eigenvalue weighted by Crippen LogP contribution is -1.94. The van der Waals surface area contributed by atoms with Gasteiger partial charge in [-0.1, -0.05) is 0 Å². The maximum Gasteiger partial charge on any atom is 0.430 e. The maximum absolute atomic E-state index is 10.6. The lowest BCUT2D eigenvalue weighted by molar-refractivity contribution is -0.255. The highest BCUT2D eigenvalue weighted by Gasteiger charge is 2.09. The van der Waals surface area contributed by atoms with Gasteiger partial charge in [0.25, 0.3) is 5.24 Å². The van der Waals surface area contributed by atoms with Crippen LogP contribution >= 0.6 is 11.6 Å². The first kappa shape index (κ1) is 9.23. The van der Waals surface area contributed by atoms with E-state index in [4.69, 9.17) is 11.6 Å². The first-order valence-corrected chi connectivity index (χ1v) is 3.91. The van der Waals surface area contributed by atoms with E-state index < -0.39 is 10.5 Å². The summed E-state index contributed by atoms with van der Waals surface area (Å²) < 4.78 is 0. The van der Waals surface area contributed by atoms with Crippen molar-refractivity contribution in [3.05, 3.63) is 35.4 Å². The molecule has 1 aromatic rings. The van der Waals surface area contributed by atoms with Crippen molar-refractivity contribution in [2.24, 2.45) is 0 Å². The second kappa shape index (κ2) is 3.70. The first-order valence-electron chi connectivity index (χ1n) is 3.12. The first-order chi connectivity index (χ1) is 5.61. The number of hydrogen-bond donors (Lipinski definition) is 0. The maximum atomic E-state index is 10.6. The fourth-order valence-corrected chi connectivity index (χ4v) is 0.999. The number of hydrogen-bond acceptors (Lipinski definition) is 2. The van der Waals surface area contributed by atoms with Gasteiger partial charge >= 0.3 is 5.24 Å². The molecule has 12 heavy (non-hydrogen) atoms. The van der Waals surface area contributed by atoms with Crippen LogP contribution in [0.25, 0.3) is 0 Å². The molecule has 0 aromatic heterocycles. The average Bonchev–Trinajstić information content (AvgIpc) is 2.04. The Hall–Kier alpha value is -0.860. The van der Waals surface area contributed by atoms with E-state index in [9.17, 15) is 9.59 Å². The second-order valence-corrected chi connectivity index (χ2v) is 2.85. The summed E-state index contributed by atoms with van der Waals surface area (Å²) in [7, 11) is 0. The topological polar surface area (TPSA) is 34.1 Å². The van der Waals surface area contributed by atoms with Crippen LogP contribution in [0.2, 0.25) is 0 Å². The van der Waals surface area contributed by atoms with Gasteiger partial charge in [0.05, 0.1) is 5.56 Å². The summed E-state index contributed by atoms with van der Waals surface area (Å²) >= 11 is 9.58. The molecule has 0 saturated heterocycles. The molecule has 4 heteroatoms. The molecule has 0 amide bonds. The van der Waals surface area contributed by atoms with Gasteiger partial charge in [0.1, 0.15) is 0 Å². The van der Waals surface area contributed by atoms with Crippen LogP contribution in [-0.2, 0) is 0 Å². The lowest BCUT2D eigenvalue weighted by atomic mass is 10.2. The zero-order valence-corrected chi connectivity index (χ0v) is 7.48. The van der Waals surface area contributed by atoms with Crippen molar-refractivity contribution < 1.29 is 21.2 Å². The molecule has 1 aromatic carbocycles. The smallest absolute Gasteiger partial charge is 0.276 e. The molecule has 0 aliphatic rings. The Balaban J connectivity index is 3.01. The molecule has 0 spiro atoms. The van der Waals surface area contributed by atoms with Crippen LogP contribution in [0, 0.1) is 11.6 Å². The summed E-state index contributed by atoms with van der Waals surface area (Å²) in [6, 6.07) is 5.89. The predicted molar refractivity (Wildman–Crippen MR) is 42.4 cm³/mol. The van der Waals surface area contributed by atoms with E-state index in [1.807, 2.05) is 0 Å². The molecular weight excluding hydrogens is 199 g/mol. The van der Waals surface area contributed by atoms with Crippen LogP contribution < -0.4 is 0 Å². The highest BCUT2D eigenvalue weighted by Crippen LogP contribution is 2.06. The van der Waals surface area contributed by atoms with Crippen molar-refractivity contribution in [1.82, 2.24) is 0 Å². The molecule has 0 heterocycles. The Morgan fingerprint density at radius 1 is 1.08 bits per heavy atom. The monoisotopic (exact) mass is 203 g/mol. The van der Waals surface area contributed by atoms with Crippen LogP contribution in [0.1, 0.15) is 20.7 Å². The Bertz CT molecular complexity index is 283. The molecule has 0 aliphatic carbocycles. The molecule has 0 atom stereocenters. The summed E-state index contributed by atoms with van der Waals surface area (Å²) in [5.41, 5.74) is 0.753. The Morgan fingerprint density at radius 2 is 1.50 bits per heavy atom. The summed E-state index contributed by atoms with van der Waals surface area (Å²) in [5, 5.41) is -0.984. The van der Waals surface area contributed by atoms with Crippen LogP contribution in [-0.4, -0.2) is 10.5 Å². The fourth-order valence-electron chi connectivity index (χ4n) is 0.737. The molecule has 0 saturated carbocycles. The standard InChI is InChI=1S/C8H5Cl2O2/c9-7(11)5-1-2-6(4-3-5)8(10)12/h1-4,9H/q+1. The van der Waals surface area contributed by atoms with E-state index in [1.165, 1.54) is 24.3 Å². The van der Waals surface area contributed by atoms with Crippen molar-refractivity contribution in [2.75, 3.05) is 0 Å². The van der Waals surface area contributed by atoms with Crippen LogP contribution in [0.5, 0.6) is 0 Å². The second-order valence-electron chi connectivity index (χ2n) is 2.14. The molecule has 0 fully saturated rings. The van der Waals surface area contributed by atoms with Crippen molar-refractivity contribution in [3.63, 3.8) is 0 Å². The average molecular weight is 204 g/mol. The molecule has 62 valence electrons. The number of carbonyl (C=O) groups excluding carboxylic acids is 2. The number of carbonyl (C=O) groups is 2. The summed E-state index contributed by atoms with van der Waals surface area (Å²) in [5.74, 6) is 0. The van der Waals surface area contributed by atoms with Gasteiger partial charge in [0.2, 0.25) is 0 Å². The van der Waals surface area contributed by atoms with Gasteiger partial charge in [-0.25, -0.2) is 4.79 Å². The molecule has 0 radical (unpaired) electrons. The Morgan fingerprint density at radius 3 is 1.83 bits per heavy atom. The molecular formula is C8H5Cl2O2+. The number of rotatable bonds is 2. The largest absolute Gasteiger partial charge is 0.430 e. The van der Waals surface area contributed by atoms with Crippen molar-refractivity contribution in [1.29, 1.82) is 0 Å². The predicted octanol–water partition coefficient (Wildman–Crippen LogP) is 1.49.